The fraction of sp³-hybridized carbons (Fsp3) is 0.133. The molecule has 0 N–H and O–H groups in total. The van der Waals surface area contributed by atoms with Gasteiger partial charge in [-0.1, -0.05) is 30.3 Å². The zero-order chi connectivity index (χ0) is 14.1. The van der Waals surface area contributed by atoms with Crippen LogP contribution in [-0.2, 0) is 6.54 Å². The summed E-state index contributed by atoms with van der Waals surface area (Å²) in [6.07, 6.45) is 1.44. The normalized spacial score (nSPS) is 10.6. The Hall–Kier alpha value is -2.45. The molecule has 0 radical (unpaired) electrons. The predicted octanol–water partition coefficient (Wildman–Crippen LogP) is 2.96. The van der Waals surface area contributed by atoms with E-state index in [4.69, 9.17) is 5.26 Å². The molecule has 0 aliphatic heterocycles. The Morgan fingerprint density at radius 2 is 2.10 bits per heavy atom. The summed E-state index contributed by atoms with van der Waals surface area (Å²) < 4.78 is 1.34. The van der Waals surface area contributed by atoms with Gasteiger partial charge >= 0.3 is 0 Å². The Labute approximate surface area is 119 Å². The quantitative estimate of drug-likeness (QED) is 0.725. The lowest BCUT2D eigenvalue weighted by atomic mass is 10.1. The molecule has 2 aromatic heterocycles. The molecule has 3 rings (SSSR count). The van der Waals surface area contributed by atoms with Crippen molar-refractivity contribution >= 4 is 21.6 Å². The van der Waals surface area contributed by atoms with Crippen molar-refractivity contribution in [2.75, 3.05) is 0 Å². The minimum absolute atomic E-state index is 0.0255. The van der Waals surface area contributed by atoms with Crippen molar-refractivity contribution in [1.82, 2.24) is 9.55 Å². The molecule has 0 saturated heterocycles. The van der Waals surface area contributed by atoms with E-state index in [0.717, 1.165) is 20.8 Å². The average molecular weight is 281 g/mol. The highest BCUT2D eigenvalue weighted by Gasteiger charge is 2.15. The largest absolute Gasteiger partial charge is 0.285 e. The van der Waals surface area contributed by atoms with Crippen LogP contribution in [0.2, 0.25) is 0 Å². The fourth-order valence-corrected chi connectivity index (χ4v) is 3.36. The summed E-state index contributed by atoms with van der Waals surface area (Å²) in [7, 11) is 0. The molecule has 0 amide bonds. The third-order valence-electron chi connectivity index (χ3n) is 3.19. The lowest BCUT2D eigenvalue weighted by Crippen LogP contribution is -2.19. The van der Waals surface area contributed by atoms with Gasteiger partial charge in [-0.3, -0.25) is 9.36 Å². The van der Waals surface area contributed by atoms with Crippen LogP contribution < -0.4 is 5.56 Å². The molecule has 2 heterocycles. The maximum absolute atomic E-state index is 12.4. The Balaban J connectivity index is 2.29. The van der Waals surface area contributed by atoms with Gasteiger partial charge in [0.2, 0.25) is 0 Å². The van der Waals surface area contributed by atoms with Gasteiger partial charge in [-0.05, 0) is 18.1 Å². The Bertz CT molecular complexity index is 872. The molecule has 0 bridgehead atoms. The number of rotatable bonds is 2. The van der Waals surface area contributed by atoms with Gasteiger partial charge in [-0.2, -0.15) is 5.26 Å². The van der Waals surface area contributed by atoms with Crippen LogP contribution in [0.25, 0.3) is 20.7 Å². The van der Waals surface area contributed by atoms with Crippen LogP contribution in [0.4, 0.5) is 0 Å². The van der Waals surface area contributed by atoms with E-state index in [9.17, 15) is 4.79 Å². The second-order valence-electron chi connectivity index (χ2n) is 4.44. The summed E-state index contributed by atoms with van der Waals surface area (Å²) in [6.45, 7) is 1.96. The third kappa shape index (κ3) is 1.91. The number of nitrogens with zero attached hydrogens (tertiary/aromatic N) is 3. The minimum atomic E-state index is -0.146. The first kappa shape index (κ1) is 12.6. The van der Waals surface area contributed by atoms with Crippen LogP contribution >= 0.6 is 11.3 Å². The Kier molecular flexibility index (Phi) is 3.09. The second-order valence-corrected chi connectivity index (χ2v) is 5.44. The van der Waals surface area contributed by atoms with Crippen molar-refractivity contribution in [2.24, 2.45) is 0 Å². The average Bonchev–Trinajstić information content (AvgIpc) is 2.81. The van der Waals surface area contributed by atoms with E-state index in [1.807, 2.05) is 43.3 Å². The van der Waals surface area contributed by atoms with E-state index >= 15 is 0 Å². The van der Waals surface area contributed by atoms with Crippen LogP contribution in [0.15, 0.2) is 41.5 Å². The molecule has 1 aromatic carbocycles. The lowest BCUT2D eigenvalue weighted by Gasteiger charge is -2.00. The topological polar surface area (TPSA) is 58.7 Å². The molecular formula is C15H11N3OS. The van der Waals surface area contributed by atoms with Gasteiger partial charge in [0.15, 0.2) is 0 Å². The number of nitriles is 1. The highest BCUT2D eigenvalue weighted by Crippen LogP contribution is 2.35. The monoisotopic (exact) mass is 281 g/mol. The standard InChI is InChI=1S/C15H11N3OS/c1-10-12-14(17-9-18(8-7-16)15(12)19)20-13(10)11-5-3-2-4-6-11/h2-6,9H,8H2,1H3. The van der Waals surface area contributed by atoms with Gasteiger partial charge in [-0.25, -0.2) is 4.98 Å². The molecule has 0 atom stereocenters. The number of fused-ring (bicyclic) bond motifs is 1. The summed E-state index contributed by atoms with van der Waals surface area (Å²) in [4.78, 5) is 18.4. The first-order valence-corrected chi connectivity index (χ1v) is 6.95. The third-order valence-corrected chi connectivity index (χ3v) is 4.44. The maximum atomic E-state index is 12.4. The van der Waals surface area contributed by atoms with Crippen molar-refractivity contribution in [3.8, 4) is 16.5 Å². The molecular weight excluding hydrogens is 270 g/mol. The highest BCUT2D eigenvalue weighted by atomic mass is 32.1. The maximum Gasteiger partial charge on any atom is 0.263 e. The molecule has 98 valence electrons. The van der Waals surface area contributed by atoms with Crippen molar-refractivity contribution < 1.29 is 0 Å². The number of hydrogen-bond acceptors (Lipinski definition) is 4. The van der Waals surface area contributed by atoms with Crippen LogP contribution in [-0.4, -0.2) is 9.55 Å². The van der Waals surface area contributed by atoms with Gasteiger partial charge in [0, 0.05) is 4.88 Å². The SMILES string of the molecule is Cc1c(-c2ccccc2)sc2ncn(CC#N)c(=O)c12. The second kappa shape index (κ2) is 4.91. The molecule has 0 spiro atoms. The van der Waals surface area contributed by atoms with E-state index in [-0.39, 0.29) is 12.1 Å². The van der Waals surface area contributed by atoms with E-state index in [1.54, 1.807) is 0 Å². The highest BCUT2D eigenvalue weighted by molar-refractivity contribution is 7.22. The summed E-state index contributed by atoms with van der Waals surface area (Å²) in [5.41, 5.74) is 1.87. The number of hydrogen-bond donors (Lipinski definition) is 0. The zero-order valence-electron chi connectivity index (χ0n) is 10.8. The van der Waals surface area contributed by atoms with Gasteiger partial charge in [0.1, 0.15) is 17.7 Å². The minimum Gasteiger partial charge on any atom is -0.285 e. The summed E-state index contributed by atoms with van der Waals surface area (Å²) in [6, 6.07) is 11.9. The summed E-state index contributed by atoms with van der Waals surface area (Å²) in [5, 5.41) is 9.35. The Morgan fingerprint density at radius 3 is 2.80 bits per heavy atom. The van der Waals surface area contributed by atoms with Crippen LogP contribution in [0.5, 0.6) is 0 Å². The Morgan fingerprint density at radius 1 is 1.35 bits per heavy atom. The van der Waals surface area contributed by atoms with E-state index in [0.29, 0.717) is 5.39 Å². The van der Waals surface area contributed by atoms with Crippen molar-refractivity contribution in [3.63, 3.8) is 0 Å². The van der Waals surface area contributed by atoms with E-state index in [1.165, 1.54) is 22.2 Å². The number of aromatic nitrogens is 2. The molecule has 0 aliphatic rings. The first-order valence-electron chi connectivity index (χ1n) is 6.13. The first-order chi connectivity index (χ1) is 9.72. The smallest absolute Gasteiger partial charge is 0.263 e. The van der Waals surface area contributed by atoms with Crippen molar-refractivity contribution in [3.05, 3.63) is 52.6 Å². The molecule has 0 saturated carbocycles. The zero-order valence-corrected chi connectivity index (χ0v) is 11.6. The van der Waals surface area contributed by atoms with Gasteiger partial charge in [0.25, 0.3) is 5.56 Å². The van der Waals surface area contributed by atoms with E-state index < -0.39 is 0 Å². The number of benzene rings is 1. The molecule has 5 heteroatoms. The van der Waals surface area contributed by atoms with E-state index in [2.05, 4.69) is 4.98 Å². The van der Waals surface area contributed by atoms with Gasteiger partial charge < -0.3 is 0 Å². The van der Waals surface area contributed by atoms with Gasteiger partial charge in [0.05, 0.1) is 11.5 Å². The number of aryl methyl sites for hydroxylation is 1. The molecule has 0 aliphatic carbocycles. The molecule has 0 unspecified atom stereocenters. The van der Waals surface area contributed by atoms with Crippen molar-refractivity contribution in [2.45, 2.75) is 13.5 Å². The molecule has 0 fully saturated rings. The van der Waals surface area contributed by atoms with Crippen LogP contribution in [0.3, 0.4) is 0 Å². The molecule has 20 heavy (non-hydrogen) atoms. The lowest BCUT2D eigenvalue weighted by molar-refractivity contribution is 0.776. The van der Waals surface area contributed by atoms with Crippen LogP contribution in [0, 0.1) is 18.3 Å². The van der Waals surface area contributed by atoms with Gasteiger partial charge in [-0.15, -0.1) is 11.3 Å². The summed E-state index contributed by atoms with van der Waals surface area (Å²) >= 11 is 1.51. The van der Waals surface area contributed by atoms with Crippen LogP contribution in [0.1, 0.15) is 5.56 Å². The summed E-state index contributed by atoms with van der Waals surface area (Å²) in [5.74, 6) is 0. The fourth-order valence-electron chi connectivity index (χ4n) is 2.21. The molecule has 4 nitrogen and oxygen atoms in total. The predicted molar refractivity (Wildman–Crippen MR) is 79.7 cm³/mol. The molecule has 3 aromatic rings. The number of thiophene rings is 1. The van der Waals surface area contributed by atoms with Crippen molar-refractivity contribution in [1.29, 1.82) is 5.26 Å².